The Morgan fingerprint density at radius 3 is 2.45 bits per heavy atom. The average Bonchev–Trinajstić information content (AvgIpc) is 2.69. The summed E-state index contributed by atoms with van der Waals surface area (Å²) in [5.74, 6) is -0.732. The normalized spacial score (nSPS) is 12.0. The fraction of sp³-hybridized carbons (Fsp3) is 0.591. The van der Waals surface area contributed by atoms with Crippen LogP contribution in [0.15, 0.2) is 18.2 Å². The van der Waals surface area contributed by atoms with Crippen molar-refractivity contribution in [3.05, 3.63) is 24.0 Å². The lowest BCUT2D eigenvalue weighted by Crippen LogP contribution is -2.40. The van der Waals surface area contributed by atoms with Crippen LogP contribution in [0.25, 0.3) is 0 Å². The molecular weight excluding hydrogens is 403 g/mol. The number of hydrogen-bond donors (Lipinski definition) is 2. The van der Waals surface area contributed by atoms with Gasteiger partial charge < -0.3 is 30.0 Å². The third kappa shape index (κ3) is 8.82. The maximum Gasteiger partial charge on any atom is 0.410 e. The molecule has 1 rings (SSSR count). The number of benzene rings is 1. The molecule has 0 radical (unpaired) electrons. The second kappa shape index (κ2) is 12.1. The summed E-state index contributed by atoms with van der Waals surface area (Å²) in [6, 6.07) is 3.97. The number of ether oxygens (including phenoxy) is 1. The minimum Gasteiger partial charge on any atom is -0.444 e. The Hall–Kier alpha value is -2.84. The minimum absolute atomic E-state index is 0.222. The number of carbonyl (C=O) groups excluding carboxylic acids is 3. The van der Waals surface area contributed by atoms with E-state index >= 15 is 0 Å². The molecule has 0 fully saturated rings. The largest absolute Gasteiger partial charge is 0.444 e. The van der Waals surface area contributed by atoms with Gasteiger partial charge in [-0.2, -0.15) is 0 Å². The Morgan fingerprint density at radius 2 is 1.94 bits per heavy atom. The van der Waals surface area contributed by atoms with Gasteiger partial charge >= 0.3 is 6.09 Å². The highest BCUT2D eigenvalue weighted by Crippen LogP contribution is 2.23. The highest BCUT2D eigenvalue weighted by atomic mass is 19.1. The lowest BCUT2D eigenvalue weighted by molar-refractivity contribution is -0.121. The molecule has 0 bridgehead atoms. The van der Waals surface area contributed by atoms with Crippen LogP contribution in [-0.2, 0) is 14.3 Å². The van der Waals surface area contributed by atoms with Crippen molar-refractivity contribution in [2.24, 2.45) is 0 Å². The molecule has 2 N–H and O–H groups in total. The number of aldehydes is 1. The van der Waals surface area contributed by atoms with Crippen LogP contribution in [-0.4, -0.2) is 68.6 Å². The molecule has 0 aliphatic carbocycles. The lowest BCUT2D eigenvalue weighted by atomic mass is 10.1. The zero-order valence-corrected chi connectivity index (χ0v) is 19.3. The number of halogens is 1. The Labute approximate surface area is 184 Å². The van der Waals surface area contributed by atoms with E-state index in [1.165, 1.54) is 13.1 Å². The van der Waals surface area contributed by atoms with E-state index in [0.717, 1.165) is 6.29 Å². The highest BCUT2D eigenvalue weighted by molar-refractivity contribution is 5.84. The van der Waals surface area contributed by atoms with E-state index in [2.05, 4.69) is 10.6 Å². The van der Waals surface area contributed by atoms with E-state index in [1.807, 2.05) is 27.7 Å². The molecule has 1 atom stereocenters. The van der Waals surface area contributed by atoms with Crippen LogP contribution in [0.5, 0.6) is 0 Å². The topological polar surface area (TPSA) is 91.0 Å². The summed E-state index contributed by atoms with van der Waals surface area (Å²) in [4.78, 5) is 38.1. The van der Waals surface area contributed by atoms with Gasteiger partial charge in [0.2, 0.25) is 5.91 Å². The fourth-order valence-corrected chi connectivity index (χ4v) is 2.88. The van der Waals surface area contributed by atoms with Crippen molar-refractivity contribution in [2.75, 3.05) is 43.9 Å². The van der Waals surface area contributed by atoms with Crippen molar-refractivity contribution in [1.29, 1.82) is 0 Å². The van der Waals surface area contributed by atoms with Gasteiger partial charge in [-0.3, -0.25) is 4.79 Å². The number of amides is 2. The molecule has 0 spiro atoms. The number of rotatable bonds is 11. The molecule has 9 heteroatoms. The molecule has 0 aliphatic rings. The van der Waals surface area contributed by atoms with Crippen LogP contribution in [0.4, 0.5) is 20.6 Å². The number of anilines is 2. The summed E-state index contributed by atoms with van der Waals surface area (Å²) in [6.07, 6.45) is 0.871. The van der Waals surface area contributed by atoms with Crippen molar-refractivity contribution in [3.8, 4) is 0 Å². The Kier molecular flexibility index (Phi) is 10.2. The first-order chi connectivity index (χ1) is 14.5. The number of nitrogens with zero attached hydrogens (tertiary/aromatic N) is 2. The van der Waals surface area contributed by atoms with E-state index in [0.29, 0.717) is 37.4 Å². The first-order valence-electron chi connectivity index (χ1n) is 10.4. The molecule has 8 nitrogen and oxygen atoms in total. The second-order valence-electron chi connectivity index (χ2n) is 8.20. The molecule has 0 heterocycles. The molecule has 174 valence electrons. The molecule has 1 aromatic rings. The predicted molar refractivity (Wildman–Crippen MR) is 120 cm³/mol. The summed E-state index contributed by atoms with van der Waals surface area (Å²) in [5, 5.41) is 5.50. The van der Waals surface area contributed by atoms with Gasteiger partial charge in [0.1, 0.15) is 23.7 Å². The zero-order chi connectivity index (χ0) is 23.6. The third-order valence-electron chi connectivity index (χ3n) is 4.57. The number of likely N-dealkylation sites (N-methyl/N-ethyl adjacent to an activating group) is 3. The van der Waals surface area contributed by atoms with Gasteiger partial charge in [-0.25, -0.2) is 9.18 Å². The summed E-state index contributed by atoms with van der Waals surface area (Å²) in [5.41, 5.74) is 0.233. The Morgan fingerprint density at radius 1 is 1.26 bits per heavy atom. The number of hydrogen-bond acceptors (Lipinski definition) is 6. The van der Waals surface area contributed by atoms with Gasteiger partial charge in [-0.1, -0.05) is 0 Å². The van der Waals surface area contributed by atoms with E-state index < -0.39 is 23.6 Å². The van der Waals surface area contributed by atoms with Gasteiger partial charge in [0.15, 0.2) is 0 Å². The third-order valence-corrected chi connectivity index (χ3v) is 4.57. The molecule has 2 amide bonds. The lowest BCUT2D eigenvalue weighted by Gasteiger charge is -2.29. The van der Waals surface area contributed by atoms with Gasteiger partial charge in [-0.05, 0) is 52.3 Å². The predicted octanol–water partition coefficient (Wildman–Crippen LogP) is 3.02. The second-order valence-corrected chi connectivity index (χ2v) is 8.20. The van der Waals surface area contributed by atoms with Crippen molar-refractivity contribution in [2.45, 2.75) is 52.2 Å². The SMILES string of the molecule is CCN(CCN(C)c1ccc(NC(CCC=O)C(=O)NC)cc1F)C(=O)OC(C)(C)C. The standard InChI is InChI=1S/C22H35FN4O4/c1-7-27(21(30)31-22(2,3)4)13-12-26(6)19-11-10-16(15-17(19)23)25-18(9-8-14-28)20(29)24-5/h10-11,14-15,18,25H,7-9,12-13H2,1-6H3,(H,24,29). The maximum atomic E-state index is 14.7. The Balaban J connectivity index is 2.79. The van der Waals surface area contributed by atoms with Crippen molar-refractivity contribution in [3.63, 3.8) is 0 Å². The molecule has 0 aromatic heterocycles. The molecule has 0 aliphatic heterocycles. The zero-order valence-electron chi connectivity index (χ0n) is 19.3. The van der Waals surface area contributed by atoms with Crippen LogP contribution in [0, 0.1) is 5.82 Å². The molecular formula is C22H35FN4O4. The van der Waals surface area contributed by atoms with E-state index in [4.69, 9.17) is 4.74 Å². The first kappa shape index (κ1) is 26.2. The minimum atomic E-state index is -0.634. The maximum absolute atomic E-state index is 14.7. The van der Waals surface area contributed by atoms with Gasteiger partial charge in [-0.15, -0.1) is 0 Å². The van der Waals surface area contributed by atoms with E-state index in [1.54, 1.807) is 29.0 Å². The number of carbonyl (C=O) groups is 3. The quantitative estimate of drug-likeness (QED) is 0.516. The molecule has 1 unspecified atom stereocenters. The van der Waals surface area contributed by atoms with Crippen LogP contribution in [0.2, 0.25) is 0 Å². The summed E-state index contributed by atoms with van der Waals surface area (Å²) in [7, 11) is 3.25. The number of nitrogens with one attached hydrogen (secondary N) is 2. The molecule has 0 saturated carbocycles. The summed E-state index contributed by atoms with van der Waals surface area (Å²) in [6.45, 7) is 8.56. The van der Waals surface area contributed by atoms with Crippen molar-refractivity contribution >= 4 is 29.7 Å². The molecule has 1 aromatic carbocycles. The van der Waals surface area contributed by atoms with E-state index in [-0.39, 0.29) is 12.3 Å². The van der Waals surface area contributed by atoms with Crippen LogP contribution in [0.1, 0.15) is 40.5 Å². The average molecular weight is 439 g/mol. The molecule has 0 saturated heterocycles. The van der Waals surface area contributed by atoms with Crippen LogP contribution >= 0.6 is 0 Å². The van der Waals surface area contributed by atoms with E-state index in [9.17, 15) is 18.8 Å². The smallest absolute Gasteiger partial charge is 0.410 e. The van der Waals surface area contributed by atoms with Crippen molar-refractivity contribution in [1.82, 2.24) is 10.2 Å². The first-order valence-corrected chi connectivity index (χ1v) is 10.4. The van der Waals surface area contributed by atoms with Crippen LogP contribution < -0.4 is 15.5 Å². The Bertz CT molecular complexity index is 752. The monoisotopic (exact) mass is 438 g/mol. The van der Waals surface area contributed by atoms with Gasteiger partial charge in [0.05, 0.1) is 5.69 Å². The van der Waals surface area contributed by atoms with Crippen molar-refractivity contribution < 1.29 is 23.5 Å². The fourth-order valence-electron chi connectivity index (χ4n) is 2.88. The summed E-state index contributed by atoms with van der Waals surface area (Å²) < 4.78 is 20.1. The van der Waals surface area contributed by atoms with Crippen LogP contribution in [0.3, 0.4) is 0 Å². The molecule has 31 heavy (non-hydrogen) atoms. The summed E-state index contributed by atoms with van der Waals surface area (Å²) >= 11 is 0. The highest BCUT2D eigenvalue weighted by Gasteiger charge is 2.22. The van der Waals surface area contributed by atoms with Gasteiger partial charge in [0, 0.05) is 45.8 Å². The van der Waals surface area contributed by atoms with Gasteiger partial charge in [0.25, 0.3) is 0 Å².